The molecule has 3 aromatic rings. The smallest absolute Gasteiger partial charge is 0.243 e. The number of rotatable bonds is 3. The molecular formula is C20H20N4O. The maximum atomic E-state index is 12.7. The maximum Gasteiger partial charge on any atom is 0.243 e. The average Bonchev–Trinajstić information content (AvgIpc) is 3.02. The highest BCUT2D eigenvalue weighted by Crippen LogP contribution is 2.19. The van der Waals surface area contributed by atoms with Gasteiger partial charge in [-0.2, -0.15) is 0 Å². The van der Waals surface area contributed by atoms with Crippen LogP contribution in [0.3, 0.4) is 0 Å². The topological polar surface area (TPSA) is 59.0 Å². The quantitative estimate of drug-likeness (QED) is 0.775. The van der Waals surface area contributed by atoms with Crippen molar-refractivity contribution in [3.63, 3.8) is 0 Å². The van der Waals surface area contributed by atoms with Crippen LogP contribution in [0.15, 0.2) is 60.8 Å². The number of fused-ring (bicyclic) bond motifs is 1. The van der Waals surface area contributed by atoms with E-state index in [-0.39, 0.29) is 11.9 Å². The van der Waals surface area contributed by atoms with Gasteiger partial charge in [-0.05, 0) is 36.6 Å². The lowest BCUT2D eigenvalue weighted by Gasteiger charge is -2.25. The first-order valence-corrected chi connectivity index (χ1v) is 8.43. The lowest BCUT2D eigenvalue weighted by atomic mass is 9.95. The molecule has 25 heavy (non-hydrogen) atoms. The minimum Gasteiger partial charge on any atom is -0.308 e. The van der Waals surface area contributed by atoms with Crippen molar-refractivity contribution in [1.29, 1.82) is 0 Å². The van der Waals surface area contributed by atoms with Crippen LogP contribution in [0, 0.1) is 6.92 Å². The fourth-order valence-corrected chi connectivity index (χ4v) is 3.14. The summed E-state index contributed by atoms with van der Waals surface area (Å²) in [5, 5.41) is 10.8. The normalized spacial score (nSPS) is 16.3. The number of hydrogen-bond donors (Lipinski definition) is 2. The van der Waals surface area contributed by atoms with Crippen LogP contribution < -0.4 is 10.6 Å². The standard InChI is InChI=1S/C20H20N4O/c1-14-13-24(17-9-3-2-4-10-17)23-19(14)22-20(25)18-11-15-7-5-6-8-16(15)12-21-18/h2-10,13,18,21H,11-12H2,1H3,(H,22,23,25). The summed E-state index contributed by atoms with van der Waals surface area (Å²) in [4.78, 5) is 12.7. The summed E-state index contributed by atoms with van der Waals surface area (Å²) in [6, 6.07) is 17.9. The predicted molar refractivity (Wildman–Crippen MR) is 97.7 cm³/mol. The van der Waals surface area contributed by atoms with Crippen molar-refractivity contribution in [2.24, 2.45) is 0 Å². The summed E-state index contributed by atoms with van der Waals surface area (Å²) >= 11 is 0. The molecule has 1 aliphatic rings. The van der Waals surface area contributed by atoms with E-state index in [0.29, 0.717) is 18.8 Å². The molecule has 1 unspecified atom stereocenters. The lowest BCUT2D eigenvalue weighted by molar-refractivity contribution is -0.118. The Bertz CT molecular complexity index is 901. The van der Waals surface area contributed by atoms with Gasteiger partial charge in [0.1, 0.15) is 0 Å². The molecule has 2 aromatic carbocycles. The van der Waals surface area contributed by atoms with E-state index in [0.717, 1.165) is 11.3 Å². The van der Waals surface area contributed by atoms with E-state index in [1.165, 1.54) is 11.1 Å². The molecule has 0 radical (unpaired) electrons. The minimum absolute atomic E-state index is 0.0454. The maximum absolute atomic E-state index is 12.7. The third-order valence-electron chi connectivity index (χ3n) is 4.56. The van der Waals surface area contributed by atoms with Crippen LogP contribution in [0.1, 0.15) is 16.7 Å². The molecule has 0 bridgehead atoms. The number of aromatic nitrogens is 2. The Morgan fingerprint density at radius 3 is 2.64 bits per heavy atom. The highest BCUT2D eigenvalue weighted by Gasteiger charge is 2.24. The van der Waals surface area contributed by atoms with E-state index < -0.39 is 0 Å². The zero-order chi connectivity index (χ0) is 17.2. The number of aryl methyl sites for hydroxylation is 1. The van der Waals surface area contributed by atoms with Crippen molar-refractivity contribution in [3.8, 4) is 5.69 Å². The van der Waals surface area contributed by atoms with Crippen molar-refractivity contribution < 1.29 is 4.79 Å². The second-order valence-electron chi connectivity index (χ2n) is 6.34. The summed E-state index contributed by atoms with van der Waals surface area (Å²) < 4.78 is 1.79. The van der Waals surface area contributed by atoms with Gasteiger partial charge in [0.15, 0.2) is 5.82 Å². The number of amides is 1. The third-order valence-corrected chi connectivity index (χ3v) is 4.56. The second-order valence-corrected chi connectivity index (χ2v) is 6.34. The van der Waals surface area contributed by atoms with Gasteiger partial charge in [0, 0.05) is 18.3 Å². The van der Waals surface area contributed by atoms with Crippen molar-refractivity contribution in [1.82, 2.24) is 15.1 Å². The molecule has 1 atom stereocenters. The molecule has 0 saturated heterocycles. The number of para-hydroxylation sites is 1. The molecule has 0 aliphatic carbocycles. The number of carbonyl (C=O) groups excluding carboxylic acids is 1. The van der Waals surface area contributed by atoms with Crippen molar-refractivity contribution >= 4 is 11.7 Å². The van der Waals surface area contributed by atoms with Gasteiger partial charge < -0.3 is 10.6 Å². The van der Waals surface area contributed by atoms with Crippen LogP contribution in [-0.2, 0) is 17.8 Å². The molecule has 1 amide bonds. The largest absolute Gasteiger partial charge is 0.308 e. The van der Waals surface area contributed by atoms with Crippen molar-refractivity contribution in [3.05, 3.63) is 77.5 Å². The van der Waals surface area contributed by atoms with E-state index in [9.17, 15) is 4.79 Å². The van der Waals surface area contributed by atoms with Crippen LogP contribution in [0.4, 0.5) is 5.82 Å². The average molecular weight is 332 g/mol. The summed E-state index contributed by atoms with van der Waals surface area (Å²) in [7, 11) is 0. The number of benzene rings is 2. The van der Waals surface area contributed by atoms with Gasteiger partial charge in [-0.1, -0.05) is 42.5 Å². The lowest BCUT2D eigenvalue weighted by Crippen LogP contribution is -2.44. The van der Waals surface area contributed by atoms with Gasteiger partial charge in [-0.3, -0.25) is 4.79 Å². The fourth-order valence-electron chi connectivity index (χ4n) is 3.14. The summed E-state index contributed by atoms with van der Waals surface area (Å²) in [5.41, 5.74) is 4.40. The van der Waals surface area contributed by atoms with E-state index in [1.54, 1.807) is 4.68 Å². The molecule has 1 aromatic heterocycles. The monoisotopic (exact) mass is 332 g/mol. The van der Waals surface area contributed by atoms with Gasteiger partial charge in [0.2, 0.25) is 5.91 Å². The van der Waals surface area contributed by atoms with Crippen LogP contribution in [-0.4, -0.2) is 21.7 Å². The summed E-state index contributed by atoms with van der Waals surface area (Å²) in [6.45, 7) is 2.66. The van der Waals surface area contributed by atoms with Crippen LogP contribution in [0.2, 0.25) is 0 Å². The highest BCUT2D eigenvalue weighted by atomic mass is 16.2. The van der Waals surface area contributed by atoms with Gasteiger partial charge in [0.25, 0.3) is 0 Å². The predicted octanol–water partition coefficient (Wildman–Crippen LogP) is 2.83. The molecule has 2 heterocycles. The Kier molecular flexibility index (Phi) is 4.07. The Morgan fingerprint density at radius 2 is 1.84 bits per heavy atom. The molecule has 0 spiro atoms. The van der Waals surface area contributed by atoms with Gasteiger partial charge in [-0.25, -0.2) is 4.68 Å². The summed E-state index contributed by atoms with van der Waals surface area (Å²) in [5.74, 6) is 0.561. The molecule has 1 aliphatic heterocycles. The zero-order valence-corrected chi connectivity index (χ0v) is 14.1. The SMILES string of the molecule is Cc1cn(-c2ccccc2)nc1NC(=O)C1Cc2ccccc2CN1. The number of hydrogen-bond acceptors (Lipinski definition) is 3. The van der Waals surface area contributed by atoms with Crippen molar-refractivity contribution in [2.75, 3.05) is 5.32 Å². The molecule has 4 rings (SSSR count). The van der Waals surface area contributed by atoms with Gasteiger partial charge in [0.05, 0.1) is 11.7 Å². The van der Waals surface area contributed by atoms with Gasteiger partial charge in [-0.15, -0.1) is 5.10 Å². The first-order valence-electron chi connectivity index (χ1n) is 8.43. The van der Waals surface area contributed by atoms with E-state index in [1.807, 2.05) is 55.6 Å². The number of carbonyl (C=O) groups is 1. The Labute approximate surface area is 146 Å². The molecule has 5 heteroatoms. The Morgan fingerprint density at radius 1 is 1.12 bits per heavy atom. The minimum atomic E-state index is -0.240. The Hall–Kier alpha value is -2.92. The summed E-state index contributed by atoms with van der Waals surface area (Å²) in [6.07, 6.45) is 2.62. The second kappa shape index (κ2) is 6.53. The van der Waals surface area contributed by atoms with Crippen LogP contribution in [0.25, 0.3) is 5.69 Å². The number of anilines is 1. The highest BCUT2D eigenvalue weighted by molar-refractivity contribution is 5.95. The van der Waals surface area contributed by atoms with Gasteiger partial charge >= 0.3 is 0 Å². The first kappa shape index (κ1) is 15.6. The zero-order valence-electron chi connectivity index (χ0n) is 14.1. The van der Waals surface area contributed by atoms with E-state index in [2.05, 4.69) is 27.9 Å². The molecule has 126 valence electrons. The molecule has 5 nitrogen and oxygen atoms in total. The van der Waals surface area contributed by atoms with Crippen molar-refractivity contribution in [2.45, 2.75) is 25.9 Å². The van der Waals surface area contributed by atoms with E-state index >= 15 is 0 Å². The number of nitrogens with one attached hydrogen (secondary N) is 2. The van der Waals surface area contributed by atoms with E-state index in [4.69, 9.17) is 0 Å². The number of nitrogens with zero attached hydrogens (tertiary/aromatic N) is 2. The van der Waals surface area contributed by atoms with Crippen LogP contribution >= 0.6 is 0 Å². The Balaban J connectivity index is 1.49. The van der Waals surface area contributed by atoms with Crippen LogP contribution in [0.5, 0.6) is 0 Å². The molecular weight excluding hydrogens is 312 g/mol. The first-order chi connectivity index (χ1) is 12.2. The molecule has 0 saturated carbocycles. The fraction of sp³-hybridized carbons (Fsp3) is 0.200. The third kappa shape index (κ3) is 3.19. The molecule has 0 fully saturated rings. The molecule has 2 N–H and O–H groups in total.